The summed E-state index contributed by atoms with van der Waals surface area (Å²) in [5, 5.41) is 14.9. The van der Waals surface area contributed by atoms with E-state index in [-0.39, 0.29) is 5.88 Å². The predicted octanol–water partition coefficient (Wildman–Crippen LogP) is -0.103. The van der Waals surface area contributed by atoms with Gasteiger partial charge in [-0.05, 0) is 68.4 Å². The van der Waals surface area contributed by atoms with E-state index in [1.165, 1.54) is 31.9 Å². The van der Waals surface area contributed by atoms with Crippen molar-refractivity contribution in [1.82, 2.24) is 9.78 Å². The van der Waals surface area contributed by atoms with E-state index in [4.69, 9.17) is 9.47 Å². The van der Waals surface area contributed by atoms with Crippen molar-refractivity contribution < 1.29 is 19.4 Å². The molecule has 0 aliphatic heterocycles. The minimum absolute atomic E-state index is 0.226. The van der Waals surface area contributed by atoms with Crippen molar-refractivity contribution in [2.24, 2.45) is 16.7 Å². The summed E-state index contributed by atoms with van der Waals surface area (Å²) in [5.41, 5.74) is -1.05. The zero-order valence-corrected chi connectivity index (χ0v) is 16.6. The van der Waals surface area contributed by atoms with Crippen molar-refractivity contribution in [2.45, 2.75) is 63.0 Å². The molecule has 1 aromatic rings. The van der Waals surface area contributed by atoms with Crippen LogP contribution in [0.3, 0.4) is 0 Å². The summed E-state index contributed by atoms with van der Waals surface area (Å²) < 4.78 is 12.3. The molecule has 0 amide bonds. The molecule has 6 nitrogen and oxygen atoms in total. The van der Waals surface area contributed by atoms with Gasteiger partial charge in [-0.1, -0.05) is 0 Å². The van der Waals surface area contributed by atoms with Crippen molar-refractivity contribution in [1.29, 1.82) is 0 Å². The van der Waals surface area contributed by atoms with Gasteiger partial charge in [-0.3, -0.25) is 0 Å². The van der Waals surface area contributed by atoms with Gasteiger partial charge in [0.15, 0.2) is 13.5 Å². The van der Waals surface area contributed by atoms with E-state index in [2.05, 4.69) is 20.8 Å². The number of rotatable bonds is 4. The summed E-state index contributed by atoms with van der Waals surface area (Å²) in [6, 6.07) is 1.58. The summed E-state index contributed by atoms with van der Waals surface area (Å²) in [6.07, 6.45) is 6.06. The Labute approximate surface area is 157 Å². The van der Waals surface area contributed by atoms with E-state index in [1.807, 2.05) is 0 Å². The Hall–Kier alpha value is -1.37. The lowest BCUT2D eigenvalue weighted by Crippen LogP contribution is -2.51. The van der Waals surface area contributed by atoms with Crippen LogP contribution < -0.4 is 4.74 Å². The maximum atomic E-state index is 12.1. The molecule has 1 heterocycles. The van der Waals surface area contributed by atoms with Gasteiger partial charge in [-0.15, -0.1) is 5.10 Å². The van der Waals surface area contributed by atoms with Crippen LogP contribution in [0.2, 0.25) is 5.21 Å². The Bertz CT molecular complexity index is 742. The monoisotopic (exact) mass is 356 g/mol. The van der Waals surface area contributed by atoms with Crippen LogP contribution in [-0.2, 0) is 4.74 Å². The average Bonchev–Trinajstić information content (AvgIpc) is 3.42. The third-order valence-electron chi connectivity index (χ3n) is 6.96. The quantitative estimate of drug-likeness (QED) is 0.603. The van der Waals surface area contributed by atoms with E-state index < -0.39 is 22.6 Å². The molecular formula is C17H27B3N2O4. The van der Waals surface area contributed by atoms with E-state index in [9.17, 15) is 9.90 Å². The third kappa shape index (κ3) is 2.46. The van der Waals surface area contributed by atoms with Crippen LogP contribution in [0.25, 0.3) is 0 Å². The summed E-state index contributed by atoms with van der Waals surface area (Å²) in [4.78, 5) is 12.1. The van der Waals surface area contributed by atoms with Crippen LogP contribution in [-0.4, -0.2) is 55.8 Å². The maximum Gasteiger partial charge on any atom is 0.435 e. The molecule has 9 heteroatoms. The van der Waals surface area contributed by atoms with Crippen molar-refractivity contribution in [3.63, 3.8) is 0 Å². The number of aliphatic hydroxyl groups is 1. The minimum Gasteiger partial charge on any atom is -0.454 e. The van der Waals surface area contributed by atoms with Gasteiger partial charge in [0.25, 0.3) is 0 Å². The predicted molar refractivity (Wildman–Crippen MR) is 105 cm³/mol. The zero-order chi connectivity index (χ0) is 19.2. The molecule has 1 unspecified atom stereocenters. The van der Waals surface area contributed by atoms with Crippen molar-refractivity contribution >= 4 is 29.6 Å². The zero-order valence-electron chi connectivity index (χ0n) is 16.6. The van der Waals surface area contributed by atoms with Crippen molar-refractivity contribution in [2.75, 3.05) is 0 Å². The van der Waals surface area contributed by atoms with E-state index in [0.717, 1.165) is 4.68 Å². The molecule has 3 aliphatic rings. The first kappa shape index (κ1) is 18.0. The second-order valence-electron chi connectivity index (χ2n) is 10.1. The standard InChI is InChI=1S/C17H27B3N2O4/c1-13(2,3)26-12(23)22-9-4-10(21-22)25-17(20,24)16(18,19)11-14(5-6-14)15(11)7-8-15/h4,9,11,24H,5-8,18-20H2,1-3H3. The first-order valence-corrected chi connectivity index (χ1v) is 9.55. The second kappa shape index (κ2) is 4.92. The lowest BCUT2D eigenvalue weighted by Gasteiger charge is -2.41. The van der Waals surface area contributed by atoms with Crippen LogP contribution in [0.5, 0.6) is 5.88 Å². The summed E-state index contributed by atoms with van der Waals surface area (Å²) >= 11 is 0. The Kier molecular flexibility index (Phi) is 3.41. The summed E-state index contributed by atoms with van der Waals surface area (Å²) in [6.45, 7) is 5.41. The van der Waals surface area contributed by atoms with Crippen LogP contribution >= 0.6 is 0 Å². The number of carbonyl (C=O) groups is 1. The van der Waals surface area contributed by atoms with Gasteiger partial charge in [0, 0.05) is 12.3 Å². The van der Waals surface area contributed by atoms with E-state index in [1.54, 1.807) is 34.7 Å². The van der Waals surface area contributed by atoms with Gasteiger partial charge in [-0.2, -0.15) is 4.68 Å². The first-order valence-electron chi connectivity index (χ1n) is 9.55. The second-order valence-corrected chi connectivity index (χ2v) is 10.1. The van der Waals surface area contributed by atoms with Gasteiger partial charge in [0.1, 0.15) is 21.3 Å². The molecular weight excluding hydrogens is 329 g/mol. The summed E-state index contributed by atoms with van der Waals surface area (Å²) in [7, 11) is 5.90. The highest BCUT2D eigenvalue weighted by atomic mass is 16.6. The van der Waals surface area contributed by atoms with Crippen LogP contribution in [0.15, 0.2) is 12.3 Å². The fourth-order valence-corrected chi connectivity index (χ4v) is 5.34. The van der Waals surface area contributed by atoms with Gasteiger partial charge >= 0.3 is 6.09 Å². The molecule has 0 saturated heterocycles. The number of carbonyl (C=O) groups excluding carboxylic acids is 1. The highest BCUT2D eigenvalue weighted by molar-refractivity contribution is 6.45. The number of hydrogen-bond acceptors (Lipinski definition) is 5. The Balaban J connectivity index is 1.48. The molecule has 1 N–H and O–H groups in total. The molecule has 1 atom stereocenters. The molecule has 3 fully saturated rings. The molecule has 3 aliphatic carbocycles. The Morgan fingerprint density at radius 3 is 2.23 bits per heavy atom. The molecule has 0 aromatic carbocycles. The number of aromatic nitrogens is 2. The lowest BCUT2D eigenvalue weighted by atomic mass is 9.42. The van der Waals surface area contributed by atoms with Gasteiger partial charge < -0.3 is 14.6 Å². The Morgan fingerprint density at radius 2 is 1.77 bits per heavy atom. The fourth-order valence-electron chi connectivity index (χ4n) is 5.34. The van der Waals surface area contributed by atoms with Crippen molar-refractivity contribution in [3.05, 3.63) is 12.3 Å². The number of nitrogens with zero attached hydrogens (tertiary/aromatic N) is 2. The fraction of sp³-hybridized carbons (Fsp3) is 0.765. The van der Waals surface area contributed by atoms with Crippen LogP contribution in [0.4, 0.5) is 4.79 Å². The van der Waals surface area contributed by atoms with E-state index in [0.29, 0.717) is 16.7 Å². The average molecular weight is 356 g/mol. The largest absolute Gasteiger partial charge is 0.454 e. The molecule has 2 spiro atoms. The molecule has 0 bridgehead atoms. The summed E-state index contributed by atoms with van der Waals surface area (Å²) in [5.74, 6) is 0.717. The van der Waals surface area contributed by atoms with E-state index >= 15 is 0 Å². The highest BCUT2D eigenvalue weighted by Gasteiger charge is 2.89. The number of hydrogen-bond donors (Lipinski definition) is 1. The lowest BCUT2D eigenvalue weighted by molar-refractivity contribution is -0.0869. The molecule has 4 rings (SSSR count). The minimum atomic E-state index is -1.37. The van der Waals surface area contributed by atoms with Crippen LogP contribution in [0, 0.1) is 16.7 Å². The van der Waals surface area contributed by atoms with Gasteiger partial charge in [0.05, 0.1) is 0 Å². The number of ether oxygens (including phenoxy) is 2. The maximum absolute atomic E-state index is 12.1. The molecule has 26 heavy (non-hydrogen) atoms. The van der Waals surface area contributed by atoms with Crippen LogP contribution in [0.1, 0.15) is 46.5 Å². The SMILES string of the molecule is BC(O)(Oc1ccn(C(=O)OC(C)(C)C)n1)C(B)(B)C1C2(CC2)C12CC2. The van der Waals surface area contributed by atoms with Gasteiger partial charge in [-0.25, -0.2) is 4.79 Å². The van der Waals surface area contributed by atoms with Gasteiger partial charge in [0.2, 0.25) is 5.88 Å². The molecule has 138 valence electrons. The normalized spacial score (nSPS) is 24.9. The third-order valence-corrected chi connectivity index (χ3v) is 6.96. The topological polar surface area (TPSA) is 73.6 Å². The van der Waals surface area contributed by atoms with Crippen molar-refractivity contribution in [3.8, 4) is 5.88 Å². The smallest absolute Gasteiger partial charge is 0.435 e. The molecule has 1 aromatic heterocycles. The Morgan fingerprint density at radius 1 is 1.23 bits per heavy atom. The first-order chi connectivity index (χ1) is 11.8. The molecule has 0 radical (unpaired) electrons. The highest BCUT2D eigenvalue weighted by Crippen LogP contribution is 2.96. The molecule has 3 saturated carbocycles. The number of fused-ring (bicyclic) bond motifs is 1.